The number of hydrogen-bond donors (Lipinski definition) is 1. The molecule has 0 aliphatic rings. The number of benzene rings is 1. The van der Waals surface area contributed by atoms with Gasteiger partial charge >= 0.3 is 0 Å². The van der Waals surface area contributed by atoms with Crippen LogP contribution in [0, 0.1) is 5.92 Å². The molecule has 21 heavy (non-hydrogen) atoms. The summed E-state index contributed by atoms with van der Waals surface area (Å²) in [4.78, 5) is 2.94. The van der Waals surface area contributed by atoms with Crippen molar-refractivity contribution in [1.82, 2.24) is 4.90 Å². The van der Waals surface area contributed by atoms with Gasteiger partial charge < -0.3 is 10.0 Å². The summed E-state index contributed by atoms with van der Waals surface area (Å²) in [7, 11) is 2.83. The molecular weight excluding hydrogens is 282 g/mol. The van der Waals surface area contributed by atoms with Crippen LogP contribution in [0.4, 0.5) is 0 Å². The maximum absolute atomic E-state index is 12.7. The van der Waals surface area contributed by atoms with Gasteiger partial charge in [0.05, 0.1) is 22.2 Å². The topological polar surface area (TPSA) is 40.5 Å². The van der Waals surface area contributed by atoms with Gasteiger partial charge in [0.2, 0.25) is 0 Å². The van der Waals surface area contributed by atoms with Crippen molar-refractivity contribution >= 4 is 10.8 Å². The first-order valence-electron chi connectivity index (χ1n) is 7.50. The molecule has 3 atom stereocenters. The van der Waals surface area contributed by atoms with Crippen molar-refractivity contribution in [3.8, 4) is 0 Å². The SMILES string of the molecule is CC(C)C[C@@](C)(O)CS(=O)c1ccccc1C(C)N(C)C. The van der Waals surface area contributed by atoms with Crippen LogP contribution in [0.3, 0.4) is 0 Å². The summed E-state index contributed by atoms with van der Waals surface area (Å²) in [6.45, 7) is 8.02. The molecule has 0 saturated carbocycles. The smallest absolute Gasteiger partial charge is 0.0740 e. The van der Waals surface area contributed by atoms with Crippen LogP contribution in [-0.4, -0.2) is 39.7 Å². The van der Waals surface area contributed by atoms with Crippen molar-refractivity contribution < 1.29 is 9.32 Å². The fraction of sp³-hybridized carbons (Fsp3) is 0.647. The second-order valence-corrected chi connectivity index (χ2v) is 8.18. The molecule has 2 unspecified atom stereocenters. The molecule has 0 saturated heterocycles. The third kappa shape index (κ3) is 5.53. The van der Waals surface area contributed by atoms with E-state index in [9.17, 15) is 9.32 Å². The van der Waals surface area contributed by atoms with Gasteiger partial charge in [-0.2, -0.15) is 0 Å². The Labute approximate surface area is 131 Å². The van der Waals surface area contributed by atoms with Gasteiger partial charge in [-0.1, -0.05) is 32.0 Å². The molecule has 4 heteroatoms. The van der Waals surface area contributed by atoms with E-state index in [2.05, 4.69) is 25.7 Å². The number of hydrogen-bond acceptors (Lipinski definition) is 3. The highest BCUT2D eigenvalue weighted by Gasteiger charge is 2.27. The molecule has 0 amide bonds. The zero-order valence-electron chi connectivity index (χ0n) is 14.1. The highest BCUT2D eigenvalue weighted by molar-refractivity contribution is 7.85. The van der Waals surface area contributed by atoms with Gasteiger partial charge in [-0.05, 0) is 51.9 Å². The van der Waals surface area contributed by atoms with Crippen LogP contribution in [0.5, 0.6) is 0 Å². The monoisotopic (exact) mass is 311 g/mol. The Morgan fingerprint density at radius 1 is 1.24 bits per heavy atom. The molecule has 1 N–H and O–H groups in total. The van der Waals surface area contributed by atoms with Gasteiger partial charge in [0.15, 0.2) is 0 Å². The lowest BCUT2D eigenvalue weighted by molar-refractivity contribution is 0.0619. The highest BCUT2D eigenvalue weighted by Crippen LogP contribution is 2.27. The van der Waals surface area contributed by atoms with Gasteiger partial charge in [-0.15, -0.1) is 0 Å². The molecule has 120 valence electrons. The summed E-state index contributed by atoms with van der Waals surface area (Å²) < 4.78 is 12.7. The molecule has 1 aromatic rings. The summed E-state index contributed by atoms with van der Waals surface area (Å²) >= 11 is 0. The standard InChI is InChI=1S/C17H29NO2S/c1-13(2)11-17(4,19)12-21(20)16-10-8-7-9-15(16)14(3)18(5)6/h7-10,13-14,19H,11-12H2,1-6H3/t14?,17-,21?/m1/s1. The molecule has 0 aliphatic carbocycles. The van der Waals surface area contributed by atoms with E-state index in [-0.39, 0.29) is 11.8 Å². The molecule has 0 heterocycles. The van der Waals surface area contributed by atoms with Gasteiger partial charge in [0.25, 0.3) is 0 Å². The molecule has 3 nitrogen and oxygen atoms in total. The Kier molecular flexibility index (Phi) is 6.57. The van der Waals surface area contributed by atoms with E-state index in [1.165, 1.54) is 0 Å². The zero-order valence-corrected chi connectivity index (χ0v) is 14.9. The summed E-state index contributed by atoms with van der Waals surface area (Å²) in [6, 6.07) is 8.02. The van der Waals surface area contributed by atoms with Crippen molar-refractivity contribution in [1.29, 1.82) is 0 Å². The van der Waals surface area contributed by atoms with Crippen LogP contribution in [0.1, 0.15) is 45.7 Å². The van der Waals surface area contributed by atoms with E-state index < -0.39 is 16.4 Å². The minimum Gasteiger partial charge on any atom is -0.389 e. The number of nitrogens with zero attached hydrogens (tertiary/aromatic N) is 1. The summed E-state index contributed by atoms with van der Waals surface area (Å²) in [5.74, 6) is 0.662. The average Bonchev–Trinajstić information content (AvgIpc) is 2.35. The van der Waals surface area contributed by atoms with Crippen LogP contribution >= 0.6 is 0 Å². The van der Waals surface area contributed by atoms with E-state index in [0.29, 0.717) is 12.3 Å². The molecular formula is C17H29NO2S. The average molecular weight is 311 g/mol. The lowest BCUT2D eigenvalue weighted by atomic mass is 9.96. The minimum atomic E-state index is -1.19. The van der Waals surface area contributed by atoms with E-state index in [0.717, 1.165) is 10.5 Å². The molecule has 0 bridgehead atoms. The van der Waals surface area contributed by atoms with E-state index >= 15 is 0 Å². The molecule has 0 aliphatic heterocycles. The zero-order chi connectivity index (χ0) is 16.2. The normalized spacial score (nSPS) is 17.8. The third-order valence-electron chi connectivity index (χ3n) is 3.68. The van der Waals surface area contributed by atoms with Crippen molar-refractivity contribution in [3.05, 3.63) is 29.8 Å². The van der Waals surface area contributed by atoms with E-state index in [4.69, 9.17) is 0 Å². The predicted molar refractivity (Wildman–Crippen MR) is 89.9 cm³/mol. The van der Waals surface area contributed by atoms with Gasteiger partial charge in [-0.3, -0.25) is 4.21 Å². The molecule has 0 spiro atoms. The quantitative estimate of drug-likeness (QED) is 0.840. The van der Waals surface area contributed by atoms with Crippen molar-refractivity contribution in [2.24, 2.45) is 5.92 Å². The fourth-order valence-electron chi connectivity index (χ4n) is 2.61. The number of aliphatic hydroxyl groups is 1. The van der Waals surface area contributed by atoms with Gasteiger partial charge in [-0.25, -0.2) is 0 Å². The molecule has 1 rings (SSSR count). The Morgan fingerprint density at radius 2 is 1.81 bits per heavy atom. The predicted octanol–water partition coefficient (Wildman–Crippen LogP) is 3.21. The first kappa shape index (κ1) is 18.3. The van der Waals surface area contributed by atoms with Crippen LogP contribution in [0.15, 0.2) is 29.2 Å². The lowest BCUT2D eigenvalue weighted by Crippen LogP contribution is -2.33. The Bertz CT molecular complexity index is 483. The van der Waals surface area contributed by atoms with Crippen LogP contribution in [0.2, 0.25) is 0 Å². The van der Waals surface area contributed by atoms with Crippen LogP contribution in [-0.2, 0) is 10.8 Å². The Hall–Kier alpha value is -0.710. The number of rotatable bonds is 7. The second kappa shape index (κ2) is 7.52. The maximum atomic E-state index is 12.7. The van der Waals surface area contributed by atoms with Crippen LogP contribution in [0.25, 0.3) is 0 Å². The third-order valence-corrected chi connectivity index (χ3v) is 5.43. The minimum absolute atomic E-state index is 0.195. The Balaban J connectivity index is 2.98. The molecule has 0 radical (unpaired) electrons. The maximum Gasteiger partial charge on any atom is 0.0740 e. The fourth-order valence-corrected chi connectivity index (χ4v) is 4.18. The van der Waals surface area contributed by atoms with Crippen LogP contribution < -0.4 is 0 Å². The van der Waals surface area contributed by atoms with Gasteiger partial charge in [0.1, 0.15) is 0 Å². The van der Waals surface area contributed by atoms with Crippen molar-refractivity contribution in [2.45, 2.75) is 50.7 Å². The highest BCUT2D eigenvalue weighted by atomic mass is 32.2. The summed E-state index contributed by atoms with van der Waals surface area (Å²) in [5.41, 5.74) is 0.175. The van der Waals surface area contributed by atoms with Crippen molar-refractivity contribution in [3.63, 3.8) is 0 Å². The molecule has 0 aromatic heterocycles. The van der Waals surface area contributed by atoms with E-state index in [1.807, 2.05) is 38.4 Å². The second-order valence-electron chi connectivity index (χ2n) is 6.76. The first-order chi connectivity index (χ1) is 9.64. The first-order valence-corrected chi connectivity index (χ1v) is 8.82. The molecule has 0 fully saturated rings. The largest absolute Gasteiger partial charge is 0.389 e. The molecule has 1 aromatic carbocycles. The summed E-state index contributed by atoms with van der Waals surface area (Å²) in [6.07, 6.45) is 0.657. The van der Waals surface area contributed by atoms with Gasteiger partial charge in [0, 0.05) is 10.9 Å². The summed E-state index contributed by atoms with van der Waals surface area (Å²) in [5, 5.41) is 10.5. The van der Waals surface area contributed by atoms with Crippen molar-refractivity contribution in [2.75, 3.05) is 19.8 Å². The lowest BCUT2D eigenvalue weighted by Gasteiger charge is -2.27. The van der Waals surface area contributed by atoms with E-state index in [1.54, 1.807) is 6.92 Å². The Morgan fingerprint density at radius 3 is 2.33 bits per heavy atom.